The van der Waals surface area contributed by atoms with Crippen molar-refractivity contribution in [1.82, 2.24) is 5.32 Å². The lowest BCUT2D eigenvalue weighted by Gasteiger charge is -2.26. The van der Waals surface area contributed by atoms with Crippen LogP contribution in [-0.4, -0.2) is 73.4 Å². The third kappa shape index (κ3) is 43.3. The van der Waals surface area contributed by atoms with Crippen molar-refractivity contribution in [2.24, 2.45) is 0 Å². The van der Waals surface area contributed by atoms with Crippen LogP contribution in [0.25, 0.3) is 0 Å². The highest BCUT2D eigenvalue weighted by Gasteiger charge is 2.28. The number of carbonyl (C=O) groups excluding carboxylic acids is 1. The highest BCUT2D eigenvalue weighted by atomic mass is 31.2. The van der Waals surface area contributed by atoms with Crippen LogP contribution in [0.4, 0.5) is 0 Å². The number of quaternary nitrogens is 1. The molecule has 0 aromatic rings. The maximum absolute atomic E-state index is 12.9. The van der Waals surface area contributed by atoms with Crippen LogP contribution in [0.1, 0.15) is 245 Å². The minimum absolute atomic E-state index is 0.0752. The standard InChI is InChI=1S/C49H99N2O6P/c1-6-8-10-12-14-16-18-20-22-24-25-26-27-28-30-32-34-36-38-40-42-48(52)47(46-57-58(54,55)56-45-44-51(3,4)5)50-49(53)43-41-39-37-35-33-31-29-23-21-19-17-15-13-11-9-7-2/h23,29,47-48,52H,6-22,24-28,30-46H2,1-5H3,(H-,50,53,54,55)/p+1/b29-23-. The maximum Gasteiger partial charge on any atom is 0.472 e. The molecule has 0 aliphatic carbocycles. The number of unbranched alkanes of at least 4 members (excludes halogenated alkanes) is 31. The number of hydrogen-bond acceptors (Lipinski definition) is 5. The molecule has 0 aliphatic heterocycles. The first-order valence-corrected chi connectivity index (χ1v) is 26.5. The number of hydrogen-bond donors (Lipinski definition) is 3. The van der Waals surface area contributed by atoms with Crippen LogP contribution in [0.3, 0.4) is 0 Å². The summed E-state index contributed by atoms with van der Waals surface area (Å²) in [5.74, 6) is -0.150. The normalized spacial score (nSPS) is 14.3. The average molecular weight is 844 g/mol. The Hall–Kier alpha value is -0.760. The van der Waals surface area contributed by atoms with Crippen molar-refractivity contribution in [2.75, 3.05) is 40.9 Å². The quantitative estimate of drug-likeness (QED) is 0.0244. The maximum atomic E-state index is 12.9. The molecule has 3 unspecified atom stereocenters. The van der Waals surface area contributed by atoms with E-state index >= 15 is 0 Å². The van der Waals surface area contributed by atoms with E-state index in [1.54, 1.807) is 0 Å². The van der Waals surface area contributed by atoms with Gasteiger partial charge in [0.1, 0.15) is 13.2 Å². The Kier molecular flexibility index (Phi) is 41.0. The molecule has 0 aliphatic rings. The van der Waals surface area contributed by atoms with E-state index in [0.717, 1.165) is 51.4 Å². The molecule has 0 aromatic carbocycles. The highest BCUT2D eigenvalue weighted by molar-refractivity contribution is 7.47. The molecule has 3 atom stereocenters. The number of allylic oxidation sites excluding steroid dienone is 2. The molecule has 3 N–H and O–H groups in total. The van der Waals surface area contributed by atoms with Gasteiger partial charge in [-0.15, -0.1) is 0 Å². The Morgan fingerprint density at radius 1 is 0.569 bits per heavy atom. The molecule has 0 spiro atoms. The second-order valence-electron chi connectivity index (χ2n) is 18.5. The summed E-state index contributed by atoms with van der Waals surface area (Å²) in [6, 6.07) is -0.761. The van der Waals surface area contributed by atoms with E-state index < -0.39 is 20.0 Å². The monoisotopic (exact) mass is 844 g/mol. The molecule has 0 saturated heterocycles. The predicted molar refractivity (Wildman–Crippen MR) is 249 cm³/mol. The van der Waals surface area contributed by atoms with Gasteiger partial charge >= 0.3 is 7.82 Å². The van der Waals surface area contributed by atoms with Crippen LogP contribution in [0, 0.1) is 0 Å². The Labute approximate surface area is 361 Å². The zero-order valence-corrected chi connectivity index (χ0v) is 40.2. The van der Waals surface area contributed by atoms with Crippen molar-refractivity contribution in [3.63, 3.8) is 0 Å². The minimum Gasteiger partial charge on any atom is -0.391 e. The molecule has 0 radical (unpaired) electrons. The lowest BCUT2D eigenvalue weighted by molar-refractivity contribution is -0.870. The number of likely N-dealkylation sites (N-methyl/N-ethyl adjacent to an activating group) is 1. The number of rotatable bonds is 46. The molecule has 58 heavy (non-hydrogen) atoms. The van der Waals surface area contributed by atoms with Crippen molar-refractivity contribution in [3.05, 3.63) is 12.2 Å². The third-order valence-corrected chi connectivity index (χ3v) is 12.5. The molecule has 0 saturated carbocycles. The molecule has 1 amide bonds. The molecule has 8 nitrogen and oxygen atoms in total. The second-order valence-corrected chi connectivity index (χ2v) is 20.0. The van der Waals surface area contributed by atoms with E-state index in [-0.39, 0.29) is 19.1 Å². The molecule has 0 bridgehead atoms. The smallest absolute Gasteiger partial charge is 0.391 e. The van der Waals surface area contributed by atoms with Gasteiger partial charge in [0.2, 0.25) is 5.91 Å². The molecule has 9 heteroatoms. The van der Waals surface area contributed by atoms with Crippen LogP contribution in [0.2, 0.25) is 0 Å². The van der Waals surface area contributed by atoms with Crippen LogP contribution in [-0.2, 0) is 18.4 Å². The molecule has 346 valence electrons. The first-order chi connectivity index (χ1) is 28.0. The largest absolute Gasteiger partial charge is 0.472 e. The lowest BCUT2D eigenvalue weighted by atomic mass is 10.0. The van der Waals surface area contributed by atoms with E-state index in [1.807, 2.05) is 21.1 Å². The predicted octanol–water partition coefficient (Wildman–Crippen LogP) is 14.3. The van der Waals surface area contributed by atoms with Crippen molar-refractivity contribution in [2.45, 2.75) is 257 Å². The number of aliphatic hydroxyl groups excluding tert-OH is 1. The van der Waals surface area contributed by atoms with Gasteiger partial charge in [0.05, 0.1) is 39.9 Å². The van der Waals surface area contributed by atoms with Crippen molar-refractivity contribution < 1.29 is 32.9 Å². The minimum atomic E-state index is -4.32. The average Bonchev–Trinajstić information content (AvgIpc) is 3.17. The molecular formula is C49H100N2O6P+. The van der Waals surface area contributed by atoms with Crippen LogP contribution >= 0.6 is 7.82 Å². The third-order valence-electron chi connectivity index (χ3n) is 11.5. The molecule has 0 fully saturated rings. The Bertz CT molecular complexity index is 958. The summed E-state index contributed by atoms with van der Waals surface area (Å²) >= 11 is 0. The number of nitrogens with one attached hydrogen (secondary N) is 1. The fourth-order valence-corrected chi connectivity index (χ4v) is 8.25. The summed E-state index contributed by atoms with van der Waals surface area (Å²) in [6.07, 6.45) is 48.1. The lowest BCUT2D eigenvalue weighted by Crippen LogP contribution is -2.46. The summed E-state index contributed by atoms with van der Waals surface area (Å²) in [7, 11) is 1.62. The summed E-state index contributed by atoms with van der Waals surface area (Å²) < 4.78 is 23.7. The van der Waals surface area contributed by atoms with Gasteiger partial charge in [0, 0.05) is 6.42 Å². The summed E-state index contributed by atoms with van der Waals surface area (Å²) in [6.45, 7) is 4.90. The SMILES string of the molecule is CCCCCCCCC/C=C\CCCCCCCC(=O)NC(COP(=O)(O)OCC[N+](C)(C)C)C(O)CCCCCCCCCCCCCCCCCCCCCC. The number of phosphoric acid groups is 1. The number of nitrogens with zero attached hydrogens (tertiary/aromatic N) is 1. The summed E-state index contributed by atoms with van der Waals surface area (Å²) in [5, 5.41) is 14.0. The van der Waals surface area contributed by atoms with Crippen molar-refractivity contribution in [1.29, 1.82) is 0 Å². The van der Waals surface area contributed by atoms with Gasteiger partial charge < -0.3 is 19.8 Å². The van der Waals surface area contributed by atoms with Gasteiger partial charge in [-0.05, 0) is 38.5 Å². The molecule has 0 rings (SSSR count). The van der Waals surface area contributed by atoms with Crippen molar-refractivity contribution in [3.8, 4) is 0 Å². The van der Waals surface area contributed by atoms with Gasteiger partial charge in [0.25, 0.3) is 0 Å². The molecular weight excluding hydrogens is 744 g/mol. The van der Waals surface area contributed by atoms with E-state index in [4.69, 9.17) is 9.05 Å². The first-order valence-electron chi connectivity index (χ1n) is 25.1. The second kappa shape index (κ2) is 41.6. The Morgan fingerprint density at radius 2 is 0.931 bits per heavy atom. The zero-order chi connectivity index (χ0) is 42.8. The molecule has 0 aromatic heterocycles. The topological polar surface area (TPSA) is 105 Å². The van der Waals surface area contributed by atoms with Crippen LogP contribution < -0.4 is 5.32 Å². The van der Waals surface area contributed by atoms with E-state index in [0.29, 0.717) is 23.9 Å². The zero-order valence-electron chi connectivity index (χ0n) is 39.3. The van der Waals surface area contributed by atoms with Crippen molar-refractivity contribution >= 4 is 13.7 Å². The van der Waals surface area contributed by atoms with E-state index in [2.05, 4.69) is 31.3 Å². The van der Waals surface area contributed by atoms with Crippen LogP contribution in [0.5, 0.6) is 0 Å². The Balaban J connectivity index is 4.27. The van der Waals surface area contributed by atoms with E-state index in [1.165, 1.54) is 167 Å². The van der Waals surface area contributed by atoms with Crippen LogP contribution in [0.15, 0.2) is 12.2 Å². The van der Waals surface area contributed by atoms with Gasteiger partial charge in [-0.1, -0.05) is 212 Å². The van der Waals surface area contributed by atoms with Gasteiger partial charge in [-0.25, -0.2) is 4.57 Å². The van der Waals surface area contributed by atoms with E-state index in [9.17, 15) is 19.4 Å². The summed E-state index contributed by atoms with van der Waals surface area (Å²) in [5.41, 5.74) is 0. The highest BCUT2D eigenvalue weighted by Crippen LogP contribution is 2.43. The number of aliphatic hydroxyl groups is 1. The Morgan fingerprint density at radius 3 is 1.33 bits per heavy atom. The number of amides is 1. The van der Waals surface area contributed by atoms with Gasteiger partial charge in [-0.3, -0.25) is 13.8 Å². The number of phosphoric ester groups is 1. The summed E-state index contributed by atoms with van der Waals surface area (Å²) in [4.78, 5) is 23.2. The van der Waals surface area contributed by atoms with Gasteiger partial charge in [0.15, 0.2) is 0 Å². The first kappa shape index (κ1) is 57.2. The molecule has 0 heterocycles. The fourth-order valence-electron chi connectivity index (χ4n) is 7.51. The number of carbonyl (C=O) groups is 1. The fraction of sp³-hybridized carbons (Fsp3) is 0.939. The van der Waals surface area contributed by atoms with Gasteiger partial charge in [-0.2, -0.15) is 0 Å².